The summed E-state index contributed by atoms with van der Waals surface area (Å²) in [5.74, 6) is 0.385. The maximum atomic E-state index is 9.91. The Kier molecular flexibility index (Phi) is 5.58. The Bertz CT molecular complexity index is 171. The zero-order valence-corrected chi connectivity index (χ0v) is 9.95. The lowest BCUT2D eigenvalue weighted by atomic mass is 9.96. The van der Waals surface area contributed by atoms with Crippen molar-refractivity contribution in [3.8, 4) is 0 Å². The second-order valence-corrected chi connectivity index (χ2v) is 4.66. The van der Waals surface area contributed by atoms with E-state index < -0.39 is 0 Å². The lowest BCUT2D eigenvalue weighted by Gasteiger charge is -2.23. The summed E-state index contributed by atoms with van der Waals surface area (Å²) in [5.41, 5.74) is 0. The topological polar surface area (TPSA) is 52.5 Å². The van der Waals surface area contributed by atoms with Gasteiger partial charge in [-0.1, -0.05) is 26.7 Å². The molecule has 1 unspecified atom stereocenters. The first-order chi connectivity index (χ1) is 7.19. The van der Waals surface area contributed by atoms with E-state index in [1.54, 1.807) is 0 Å². The maximum absolute atomic E-state index is 9.91. The molecule has 1 saturated carbocycles. The van der Waals surface area contributed by atoms with E-state index in [1.165, 1.54) is 0 Å². The highest BCUT2D eigenvalue weighted by Gasteiger charge is 2.26. The number of nitrogens with one attached hydrogen (secondary N) is 1. The van der Waals surface area contributed by atoms with E-state index >= 15 is 0 Å². The standard InChI is InChI=1S/C12H25NO2/c1-3-9(4-2)12(15)8-13-10-6-5-7-11(10)14/h9-15H,3-8H2,1-2H3/t10-,11-,12?/m1/s1. The van der Waals surface area contributed by atoms with Gasteiger partial charge in [-0.15, -0.1) is 0 Å². The fourth-order valence-electron chi connectivity index (χ4n) is 2.45. The molecule has 0 spiro atoms. The molecule has 3 atom stereocenters. The van der Waals surface area contributed by atoms with Gasteiger partial charge in [0, 0.05) is 12.6 Å². The fourth-order valence-corrected chi connectivity index (χ4v) is 2.45. The monoisotopic (exact) mass is 215 g/mol. The van der Waals surface area contributed by atoms with Crippen LogP contribution in [0.2, 0.25) is 0 Å². The Labute approximate surface area is 92.9 Å². The largest absolute Gasteiger partial charge is 0.392 e. The van der Waals surface area contributed by atoms with Crippen molar-refractivity contribution in [2.24, 2.45) is 5.92 Å². The highest BCUT2D eigenvalue weighted by Crippen LogP contribution is 2.19. The van der Waals surface area contributed by atoms with Crippen LogP contribution in [-0.2, 0) is 0 Å². The number of aliphatic hydroxyl groups is 2. The van der Waals surface area contributed by atoms with Gasteiger partial charge in [-0.3, -0.25) is 0 Å². The Balaban J connectivity index is 2.23. The van der Waals surface area contributed by atoms with Crippen molar-refractivity contribution in [2.45, 2.75) is 64.2 Å². The van der Waals surface area contributed by atoms with Crippen LogP contribution in [0.3, 0.4) is 0 Å². The van der Waals surface area contributed by atoms with Crippen molar-refractivity contribution in [1.29, 1.82) is 0 Å². The van der Waals surface area contributed by atoms with Crippen LogP contribution < -0.4 is 5.32 Å². The number of rotatable bonds is 6. The third kappa shape index (κ3) is 3.74. The van der Waals surface area contributed by atoms with Crippen LogP contribution in [0.25, 0.3) is 0 Å². The predicted octanol–water partition coefficient (Wildman–Crippen LogP) is 1.29. The molecule has 1 aliphatic rings. The van der Waals surface area contributed by atoms with Crippen LogP contribution >= 0.6 is 0 Å². The fraction of sp³-hybridized carbons (Fsp3) is 1.00. The third-order valence-corrected chi connectivity index (χ3v) is 3.66. The summed E-state index contributed by atoms with van der Waals surface area (Å²) >= 11 is 0. The van der Waals surface area contributed by atoms with Gasteiger partial charge < -0.3 is 15.5 Å². The summed E-state index contributed by atoms with van der Waals surface area (Å²) < 4.78 is 0. The average molecular weight is 215 g/mol. The normalized spacial score (nSPS) is 28.6. The summed E-state index contributed by atoms with van der Waals surface area (Å²) in [7, 11) is 0. The molecule has 1 aliphatic carbocycles. The first-order valence-corrected chi connectivity index (χ1v) is 6.28. The molecule has 0 bridgehead atoms. The molecule has 90 valence electrons. The molecule has 0 amide bonds. The van der Waals surface area contributed by atoms with Gasteiger partial charge in [0.2, 0.25) is 0 Å². The van der Waals surface area contributed by atoms with Gasteiger partial charge in [-0.05, 0) is 25.2 Å². The van der Waals surface area contributed by atoms with E-state index in [1.807, 2.05) is 0 Å². The van der Waals surface area contributed by atoms with Crippen molar-refractivity contribution < 1.29 is 10.2 Å². The van der Waals surface area contributed by atoms with E-state index in [0.29, 0.717) is 12.5 Å². The number of hydrogen-bond acceptors (Lipinski definition) is 3. The van der Waals surface area contributed by atoms with Crippen molar-refractivity contribution >= 4 is 0 Å². The molecule has 3 nitrogen and oxygen atoms in total. The molecular formula is C12H25NO2. The molecule has 0 saturated heterocycles. The van der Waals surface area contributed by atoms with E-state index in [4.69, 9.17) is 0 Å². The van der Waals surface area contributed by atoms with Crippen LogP contribution in [0.1, 0.15) is 46.0 Å². The van der Waals surface area contributed by atoms with Crippen LogP contribution in [0.4, 0.5) is 0 Å². The highest BCUT2D eigenvalue weighted by molar-refractivity contribution is 4.83. The van der Waals surface area contributed by atoms with Gasteiger partial charge in [-0.2, -0.15) is 0 Å². The smallest absolute Gasteiger partial charge is 0.0693 e. The average Bonchev–Trinajstić information content (AvgIpc) is 2.63. The third-order valence-electron chi connectivity index (χ3n) is 3.66. The van der Waals surface area contributed by atoms with Gasteiger partial charge in [0.1, 0.15) is 0 Å². The molecule has 0 heterocycles. The first kappa shape index (κ1) is 12.9. The molecule has 15 heavy (non-hydrogen) atoms. The van der Waals surface area contributed by atoms with Crippen LogP contribution in [0, 0.1) is 5.92 Å². The van der Waals surface area contributed by atoms with Crippen molar-refractivity contribution in [3.63, 3.8) is 0 Å². The molecule has 3 N–H and O–H groups in total. The Morgan fingerprint density at radius 2 is 1.93 bits per heavy atom. The minimum atomic E-state index is -0.271. The van der Waals surface area contributed by atoms with Crippen molar-refractivity contribution in [3.05, 3.63) is 0 Å². The molecule has 0 aromatic heterocycles. The molecular weight excluding hydrogens is 190 g/mol. The molecule has 1 rings (SSSR count). The quantitative estimate of drug-likeness (QED) is 0.626. The van der Waals surface area contributed by atoms with Crippen molar-refractivity contribution in [1.82, 2.24) is 5.32 Å². The van der Waals surface area contributed by atoms with Crippen molar-refractivity contribution in [2.75, 3.05) is 6.54 Å². The van der Waals surface area contributed by atoms with Gasteiger partial charge in [0.15, 0.2) is 0 Å². The summed E-state index contributed by atoms with van der Waals surface area (Å²) in [5, 5.41) is 22.8. The lowest BCUT2D eigenvalue weighted by molar-refractivity contribution is 0.0863. The molecule has 0 radical (unpaired) electrons. The number of aliphatic hydroxyl groups excluding tert-OH is 2. The first-order valence-electron chi connectivity index (χ1n) is 6.28. The van der Waals surface area contributed by atoms with E-state index in [-0.39, 0.29) is 18.2 Å². The van der Waals surface area contributed by atoms with Crippen LogP contribution in [0.15, 0.2) is 0 Å². The van der Waals surface area contributed by atoms with Gasteiger partial charge >= 0.3 is 0 Å². The zero-order chi connectivity index (χ0) is 11.3. The lowest BCUT2D eigenvalue weighted by Crippen LogP contribution is -2.42. The molecule has 3 heteroatoms. The molecule has 0 aliphatic heterocycles. The molecule has 0 aromatic carbocycles. The predicted molar refractivity (Wildman–Crippen MR) is 61.7 cm³/mol. The summed E-state index contributed by atoms with van der Waals surface area (Å²) in [6.45, 7) is 4.84. The molecule has 0 aromatic rings. The van der Waals surface area contributed by atoms with Gasteiger partial charge in [0.25, 0.3) is 0 Å². The Morgan fingerprint density at radius 1 is 1.27 bits per heavy atom. The molecule has 1 fully saturated rings. The van der Waals surface area contributed by atoms with E-state index in [2.05, 4.69) is 19.2 Å². The maximum Gasteiger partial charge on any atom is 0.0693 e. The summed E-state index contributed by atoms with van der Waals surface area (Å²) in [6, 6.07) is 0.203. The Hall–Kier alpha value is -0.120. The SMILES string of the molecule is CCC(CC)C(O)CN[C@@H]1CCC[C@H]1O. The van der Waals surface area contributed by atoms with Gasteiger partial charge in [0.05, 0.1) is 12.2 Å². The zero-order valence-electron chi connectivity index (χ0n) is 9.95. The van der Waals surface area contributed by atoms with E-state index in [9.17, 15) is 10.2 Å². The van der Waals surface area contributed by atoms with Crippen LogP contribution in [0.5, 0.6) is 0 Å². The highest BCUT2D eigenvalue weighted by atomic mass is 16.3. The second-order valence-electron chi connectivity index (χ2n) is 4.66. The van der Waals surface area contributed by atoms with E-state index in [0.717, 1.165) is 32.1 Å². The Morgan fingerprint density at radius 3 is 2.40 bits per heavy atom. The summed E-state index contributed by atoms with van der Waals surface area (Å²) in [4.78, 5) is 0. The van der Waals surface area contributed by atoms with Crippen LogP contribution in [-0.4, -0.2) is 35.0 Å². The second kappa shape index (κ2) is 6.46. The minimum Gasteiger partial charge on any atom is -0.392 e. The summed E-state index contributed by atoms with van der Waals surface area (Å²) in [6.07, 6.45) is 4.60. The minimum absolute atomic E-state index is 0.203. The van der Waals surface area contributed by atoms with Gasteiger partial charge in [-0.25, -0.2) is 0 Å². The number of hydrogen-bond donors (Lipinski definition) is 3.